The van der Waals surface area contributed by atoms with E-state index in [2.05, 4.69) is 0 Å². The third-order valence-electron chi connectivity index (χ3n) is 10.7. The lowest BCUT2D eigenvalue weighted by molar-refractivity contribution is -0.0190. The van der Waals surface area contributed by atoms with Crippen molar-refractivity contribution < 1.29 is 111 Å². The van der Waals surface area contributed by atoms with Crippen molar-refractivity contribution in [1.82, 2.24) is 0 Å². The Hall–Kier alpha value is -9.34. The molecule has 4 unspecified atom stereocenters. The van der Waals surface area contributed by atoms with Gasteiger partial charge in [-0.1, -0.05) is 0 Å². The van der Waals surface area contributed by atoms with Crippen LogP contribution in [0.4, 0.5) is 0 Å². The van der Waals surface area contributed by atoms with E-state index in [4.69, 9.17) is 14.2 Å². The molecule has 0 spiro atoms. The number of carbonyl (C=O) groups excluding carboxylic acids is 2. The standard InChI is InChI=1S/C44H36O22/c45-18-9-21(46)19(22(47)10-18)11-33(65-43(62)16-5-28(53)40(60)29(54)6-16)35(14-1-24(49)38(58)25(50)2-14)36-23(48)13-32-20(37(36)57)12-34(42(64-32)15-3-26(51)39(59)27(52)4-15)66-44(63)17-7-30(55)41(61)31(56)8-17/h1-10,13,33-35,42,45-61H,11-12H2. The monoisotopic (exact) mass is 916 g/mol. The zero-order valence-electron chi connectivity index (χ0n) is 33.2. The normalized spacial score (nSPS) is 15.2. The zero-order chi connectivity index (χ0) is 48.2. The average molecular weight is 917 g/mol. The number of phenols is 17. The second-order valence-electron chi connectivity index (χ2n) is 15.0. The van der Waals surface area contributed by atoms with Crippen LogP contribution < -0.4 is 4.74 Å². The number of benzene rings is 6. The van der Waals surface area contributed by atoms with E-state index < -0.39 is 169 Å². The summed E-state index contributed by atoms with van der Waals surface area (Å²) in [6, 6.07) is 8.71. The van der Waals surface area contributed by atoms with Gasteiger partial charge in [0.2, 0.25) is 0 Å². The zero-order valence-corrected chi connectivity index (χ0v) is 33.2. The fourth-order valence-electron chi connectivity index (χ4n) is 7.49. The van der Waals surface area contributed by atoms with Crippen molar-refractivity contribution in [3.63, 3.8) is 0 Å². The SMILES string of the molecule is O=C(OC1Cc2c(cc(O)c(C(c3cc(O)c(O)c(O)c3)C(Cc3c(O)cc(O)cc3O)OC(=O)c3cc(O)c(O)c(O)c3)c2O)OC1c1cc(O)c(O)c(O)c1)c1cc(O)c(O)c(O)c1. The highest BCUT2D eigenvalue weighted by Gasteiger charge is 2.42. The maximum atomic E-state index is 13.9. The predicted molar refractivity (Wildman–Crippen MR) is 218 cm³/mol. The summed E-state index contributed by atoms with van der Waals surface area (Å²) in [4.78, 5) is 27.5. The van der Waals surface area contributed by atoms with Crippen LogP contribution in [-0.4, -0.2) is 111 Å². The fourth-order valence-corrected chi connectivity index (χ4v) is 7.49. The van der Waals surface area contributed by atoms with E-state index in [0.717, 1.165) is 54.6 Å². The number of phenolic OH excluding ortho intramolecular Hbond substituents is 17. The first kappa shape index (κ1) is 44.7. The lowest BCUT2D eigenvalue weighted by atomic mass is 9.80. The van der Waals surface area contributed by atoms with Crippen molar-refractivity contribution in [2.75, 3.05) is 0 Å². The van der Waals surface area contributed by atoms with Gasteiger partial charge in [-0.2, -0.15) is 0 Å². The van der Waals surface area contributed by atoms with Crippen LogP contribution in [0.15, 0.2) is 66.7 Å². The van der Waals surface area contributed by atoms with Gasteiger partial charge in [0.1, 0.15) is 46.7 Å². The van der Waals surface area contributed by atoms with E-state index >= 15 is 0 Å². The minimum atomic E-state index is -1.99. The molecule has 22 nitrogen and oxygen atoms in total. The highest BCUT2D eigenvalue weighted by atomic mass is 16.6. The third kappa shape index (κ3) is 8.19. The van der Waals surface area contributed by atoms with E-state index in [1.54, 1.807) is 0 Å². The molecule has 0 saturated carbocycles. The summed E-state index contributed by atoms with van der Waals surface area (Å²) >= 11 is 0. The van der Waals surface area contributed by atoms with Crippen molar-refractivity contribution in [2.45, 2.75) is 37.1 Å². The average Bonchev–Trinajstić information content (AvgIpc) is 3.24. The van der Waals surface area contributed by atoms with Crippen molar-refractivity contribution in [1.29, 1.82) is 0 Å². The van der Waals surface area contributed by atoms with Gasteiger partial charge in [-0.25, -0.2) is 9.59 Å². The Balaban J connectivity index is 1.43. The molecule has 0 amide bonds. The Bertz CT molecular complexity index is 2850. The summed E-state index contributed by atoms with van der Waals surface area (Å²) in [5.41, 5.74) is -3.18. The first-order valence-electron chi connectivity index (χ1n) is 18.9. The molecule has 0 radical (unpaired) electrons. The quantitative estimate of drug-likeness (QED) is 0.0676. The Morgan fingerprint density at radius 2 is 0.955 bits per heavy atom. The van der Waals surface area contributed by atoms with Crippen molar-refractivity contribution in [3.8, 4) is 103 Å². The van der Waals surface area contributed by atoms with Gasteiger partial charge in [0.25, 0.3) is 0 Å². The molecule has 7 rings (SSSR count). The molecule has 1 aliphatic rings. The van der Waals surface area contributed by atoms with Crippen LogP contribution in [0.2, 0.25) is 0 Å². The molecule has 0 aliphatic carbocycles. The number of aromatic hydroxyl groups is 17. The lowest BCUT2D eigenvalue weighted by Gasteiger charge is -2.36. The van der Waals surface area contributed by atoms with Crippen LogP contribution in [0.1, 0.15) is 60.6 Å². The van der Waals surface area contributed by atoms with Gasteiger partial charge >= 0.3 is 11.9 Å². The Morgan fingerprint density at radius 1 is 0.515 bits per heavy atom. The van der Waals surface area contributed by atoms with Crippen LogP contribution in [0, 0.1) is 0 Å². The molecule has 1 aliphatic heterocycles. The van der Waals surface area contributed by atoms with Crippen molar-refractivity contribution in [2.24, 2.45) is 0 Å². The number of hydrogen-bond donors (Lipinski definition) is 17. The van der Waals surface area contributed by atoms with Gasteiger partial charge in [0.15, 0.2) is 75.1 Å². The first-order chi connectivity index (χ1) is 31.0. The van der Waals surface area contributed by atoms with E-state index in [-0.39, 0.29) is 22.4 Å². The minimum absolute atomic E-state index is 0.176. The van der Waals surface area contributed by atoms with Crippen LogP contribution in [0.25, 0.3) is 0 Å². The summed E-state index contributed by atoms with van der Waals surface area (Å²) < 4.78 is 17.6. The van der Waals surface area contributed by atoms with Gasteiger partial charge < -0.3 is 101 Å². The number of fused-ring (bicyclic) bond motifs is 1. The van der Waals surface area contributed by atoms with Crippen molar-refractivity contribution in [3.05, 3.63) is 106 Å². The van der Waals surface area contributed by atoms with Crippen LogP contribution in [0.3, 0.4) is 0 Å². The van der Waals surface area contributed by atoms with Gasteiger partial charge in [-0.3, -0.25) is 0 Å². The lowest BCUT2D eigenvalue weighted by Crippen LogP contribution is -2.35. The highest BCUT2D eigenvalue weighted by Crippen LogP contribution is 2.53. The fraction of sp³-hybridized carbons (Fsp3) is 0.136. The predicted octanol–water partition coefficient (Wildman–Crippen LogP) is 4.18. The molecule has 6 aromatic carbocycles. The van der Waals surface area contributed by atoms with Crippen molar-refractivity contribution >= 4 is 11.9 Å². The molecule has 0 fully saturated rings. The molecule has 66 heavy (non-hydrogen) atoms. The number of rotatable bonds is 10. The molecule has 22 heteroatoms. The molecule has 17 N–H and O–H groups in total. The van der Waals surface area contributed by atoms with E-state index in [1.165, 1.54) is 0 Å². The van der Waals surface area contributed by atoms with Gasteiger partial charge in [0, 0.05) is 53.3 Å². The van der Waals surface area contributed by atoms with E-state index in [0.29, 0.717) is 12.1 Å². The molecule has 1 heterocycles. The van der Waals surface area contributed by atoms with Crippen LogP contribution in [0.5, 0.6) is 103 Å². The Labute approximate surface area is 368 Å². The molecule has 0 aromatic heterocycles. The number of carbonyl (C=O) groups is 2. The molecule has 0 saturated heterocycles. The van der Waals surface area contributed by atoms with Gasteiger partial charge in [-0.15, -0.1) is 0 Å². The van der Waals surface area contributed by atoms with Crippen LogP contribution in [-0.2, 0) is 22.3 Å². The summed E-state index contributed by atoms with van der Waals surface area (Å²) in [5, 5.41) is 179. The number of esters is 2. The van der Waals surface area contributed by atoms with Crippen LogP contribution >= 0.6 is 0 Å². The minimum Gasteiger partial charge on any atom is -0.508 e. The molecular weight excluding hydrogens is 880 g/mol. The summed E-state index contributed by atoms with van der Waals surface area (Å²) in [6.07, 6.45) is -6.72. The maximum Gasteiger partial charge on any atom is 0.338 e. The molecule has 6 aromatic rings. The Morgan fingerprint density at radius 3 is 1.44 bits per heavy atom. The first-order valence-corrected chi connectivity index (χ1v) is 18.9. The third-order valence-corrected chi connectivity index (χ3v) is 10.7. The van der Waals surface area contributed by atoms with Gasteiger partial charge in [0.05, 0.1) is 17.0 Å². The smallest absolute Gasteiger partial charge is 0.338 e. The number of hydrogen-bond acceptors (Lipinski definition) is 22. The molecule has 4 atom stereocenters. The highest BCUT2D eigenvalue weighted by molar-refractivity contribution is 5.92. The topological polar surface area (TPSA) is 406 Å². The van der Waals surface area contributed by atoms with E-state index in [9.17, 15) is 96.4 Å². The maximum absolute atomic E-state index is 13.9. The van der Waals surface area contributed by atoms with E-state index in [1.807, 2.05) is 0 Å². The summed E-state index contributed by atoms with van der Waals surface area (Å²) in [5.74, 6) is -20.8. The Kier molecular flexibility index (Phi) is 11.3. The molecule has 344 valence electrons. The largest absolute Gasteiger partial charge is 0.508 e. The second kappa shape index (κ2) is 16.7. The van der Waals surface area contributed by atoms with Gasteiger partial charge in [-0.05, 0) is 54.1 Å². The molecule has 0 bridgehead atoms. The molecular formula is C44H36O22. The second-order valence-corrected chi connectivity index (χ2v) is 15.0. The number of ether oxygens (including phenoxy) is 3. The summed E-state index contributed by atoms with van der Waals surface area (Å²) in [6.45, 7) is 0. The summed E-state index contributed by atoms with van der Waals surface area (Å²) in [7, 11) is 0.